The van der Waals surface area contributed by atoms with Crippen molar-refractivity contribution in [1.82, 2.24) is 0 Å². The Balaban J connectivity index is 0.000000142. The van der Waals surface area contributed by atoms with Gasteiger partial charge in [0.2, 0.25) is 0 Å². The van der Waals surface area contributed by atoms with Crippen molar-refractivity contribution in [3.63, 3.8) is 0 Å². The molecule has 117 heavy (non-hydrogen) atoms. The van der Waals surface area contributed by atoms with E-state index in [0.717, 1.165) is 124 Å². The maximum Gasteiger partial charge on any atom is 0.331 e. The van der Waals surface area contributed by atoms with Crippen molar-refractivity contribution in [2.75, 3.05) is 267 Å². The van der Waals surface area contributed by atoms with E-state index in [0.29, 0.717) is 212 Å². The molecule has 17 unspecified atom stereocenters. The Kier molecular flexibility index (Phi) is 47.1. The fourth-order valence-electron chi connectivity index (χ4n) is 9.21. The Morgan fingerprint density at radius 2 is 0.470 bits per heavy atom. The van der Waals surface area contributed by atoms with E-state index in [-0.39, 0.29) is 93.7 Å². The van der Waals surface area contributed by atoms with Crippen LogP contribution < -0.4 is 0 Å². The van der Waals surface area contributed by atoms with Gasteiger partial charge in [-0.3, -0.25) is 19.2 Å². The molecule has 17 aliphatic rings. The lowest BCUT2D eigenvalue weighted by Crippen LogP contribution is -2.24. The van der Waals surface area contributed by atoms with E-state index in [2.05, 4.69) is 0 Å². The van der Waals surface area contributed by atoms with Gasteiger partial charge in [-0.2, -0.15) is 23.5 Å². The smallest absolute Gasteiger partial charge is 0.331 e. The Hall–Kier alpha value is -3.70. The number of carbonyl (C=O) groups is 6. The predicted molar refractivity (Wildman–Crippen MR) is 410 cm³/mol. The molecular weight excluding hydrogens is 1590 g/mol. The van der Waals surface area contributed by atoms with Gasteiger partial charge in [0.25, 0.3) is 0 Å². The first-order valence-electron chi connectivity index (χ1n) is 41.7. The Morgan fingerprint density at radius 1 is 0.248 bits per heavy atom. The number of carbonyl (C=O) groups excluding carboxylic acids is 6. The molecule has 0 N–H and O–H groups in total. The fraction of sp³-hybridized carbons (Fsp3) is 0.899. The molecule has 36 nitrogen and oxygen atoms in total. The molecule has 670 valence electrons. The zero-order valence-corrected chi connectivity index (χ0v) is 69.2. The highest BCUT2D eigenvalue weighted by molar-refractivity contribution is 8.02. The topological polar surface area (TPSA) is 435 Å². The number of epoxide rings is 17. The fourth-order valence-corrected chi connectivity index (χ4v) is 11.4. The Labute approximate surface area is 693 Å². The SMILES string of the molecule is C(CCC1CO1)CC1CO1.C(CCOCC1CO1)COCC1CO1.C(COCC1CO1)OCC1CO1.C(CSCC1CO1)SCC1CO1.C(OCC1CO1)C(COCC1CO1)COCC1CO1.O=C(/C=C/C(=O)OCC1CO1)OCC1CO1.O=C(CCC(=O)OCC1CO1)OCC1CO1.O=C(CCCCC(=O)OCC1CO1)OCC1CO1. The van der Waals surface area contributed by atoms with E-state index >= 15 is 0 Å². The largest absolute Gasteiger partial charge is 0.463 e. The van der Waals surface area contributed by atoms with E-state index in [1.165, 1.54) is 48.7 Å². The highest BCUT2D eigenvalue weighted by atomic mass is 32.2. The number of esters is 6. The van der Waals surface area contributed by atoms with E-state index < -0.39 is 23.9 Å². The molecule has 0 spiro atoms. The molecule has 0 radical (unpaired) electrons. The molecule has 0 aromatic heterocycles. The summed E-state index contributed by atoms with van der Waals surface area (Å²) in [5, 5.41) is 0. The van der Waals surface area contributed by atoms with Crippen molar-refractivity contribution in [1.29, 1.82) is 0 Å². The standard InChI is InChI=1S/C13H22O6.C12H18O6.C10H14O6.C10H12O6.C10H18O4.C8H14O4.C8H14O2S2.C8H14O2/c1(14-4-11-7-17-11)10(2-15-5-12-8-18-12)3-16-6-13-9-19-13;13-11(17-7-9-5-15-9)3-1-2-4-12(14)18-8-10-6-16-10;2*11-9(15-5-7-3-13-7)1-2-10(12)16-6-8-4-14-8;1(3-11-5-9-7-13-9)2-4-12-6-10-8-14-10;1(9-3-7-5-11-7)2-10-4-8-6-12-8;1(11-5-7-3-9-7)2-12-6-8-4-10-8;1(3-7-5-9-7)2-4-8-6-10-8/h10-13H,1-9H2;9-10H,1-8H2;7-8H,1-6H2;1-2,7-8H,3-6H2;9-10H,1-8H2;2*7-8H,1-6H2;7-8H,1-6H2/b;;;2-1+;;;;. The van der Waals surface area contributed by atoms with Crippen LogP contribution in [0.4, 0.5) is 0 Å². The molecule has 17 saturated heterocycles. The van der Waals surface area contributed by atoms with Gasteiger partial charge >= 0.3 is 35.8 Å². The average molecular weight is 1720 g/mol. The second-order valence-electron chi connectivity index (χ2n) is 30.2. The van der Waals surface area contributed by atoms with Crippen molar-refractivity contribution in [3.05, 3.63) is 12.2 Å². The lowest BCUT2D eigenvalue weighted by atomic mass is 10.1. The summed E-state index contributed by atoms with van der Waals surface area (Å²) in [5.74, 6) is 2.78. The van der Waals surface area contributed by atoms with Crippen LogP contribution in [0.25, 0.3) is 0 Å². The number of hydrogen-bond acceptors (Lipinski definition) is 38. The van der Waals surface area contributed by atoms with Gasteiger partial charge in [-0.05, 0) is 38.5 Å². The maximum absolute atomic E-state index is 11.2. The van der Waals surface area contributed by atoms with Crippen molar-refractivity contribution < 1.29 is 171 Å². The van der Waals surface area contributed by atoms with Crippen LogP contribution in [0.1, 0.15) is 77.0 Å². The minimum atomic E-state index is -0.574. The van der Waals surface area contributed by atoms with Gasteiger partial charge in [-0.15, -0.1) is 0 Å². The molecule has 0 saturated carbocycles. The summed E-state index contributed by atoms with van der Waals surface area (Å²) in [7, 11) is 0. The minimum Gasteiger partial charge on any atom is -0.463 e. The minimum absolute atomic E-state index is 0.0244. The predicted octanol–water partition coefficient (Wildman–Crippen LogP) is 2.37. The molecule has 0 amide bonds. The highest BCUT2D eigenvalue weighted by Gasteiger charge is 2.33. The quantitative estimate of drug-likeness (QED) is 0.0277. The van der Waals surface area contributed by atoms with Crippen LogP contribution in [-0.4, -0.2) is 407 Å². The zero-order valence-electron chi connectivity index (χ0n) is 67.5. The highest BCUT2D eigenvalue weighted by Crippen LogP contribution is 2.24. The first kappa shape index (κ1) is 95.5. The third kappa shape index (κ3) is 62.1. The molecular formula is C79H126O36S2. The molecule has 0 aromatic rings. The molecule has 0 aromatic carbocycles. The molecule has 38 heteroatoms. The molecule has 17 atom stereocenters. The number of rotatable bonds is 62. The first-order chi connectivity index (χ1) is 57.4. The van der Waals surface area contributed by atoms with Crippen LogP contribution in [0.3, 0.4) is 0 Å². The number of unbranched alkanes of at least 4 members (excludes halogenated alkanes) is 3. The summed E-state index contributed by atoms with van der Waals surface area (Å²) in [5.41, 5.74) is 0. The van der Waals surface area contributed by atoms with E-state index in [1.54, 1.807) is 0 Å². The second kappa shape index (κ2) is 57.7. The van der Waals surface area contributed by atoms with Crippen LogP contribution in [-0.2, 0) is 171 Å². The average Bonchev–Trinajstić information content (AvgIpc) is 1.80. The summed E-state index contributed by atoms with van der Waals surface area (Å²) in [6.45, 7) is 25.5. The van der Waals surface area contributed by atoms with Gasteiger partial charge in [0, 0.05) is 67.1 Å². The van der Waals surface area contributed by atoms with Gasteiger partial charge in [0.1, 0.15) is 119 Å². The van der Waals surface area contributed by atoms with E-state index in [1.807, 2.05) is 23.5 Å². The zero-order chi connectivity index (χ0) is 81.4. The van der Waals surface area contributed by atoms with Gasteiger partial charge in [0.05, 0.1) is 229 Å². The maximum atomic E-state index is 11.2. The summed E-state index contributed by atoms with van der Waals surface area (Å²) in [6, 6.07) is 0. The van der Waals surface area contributed by atoms with Crippen LogP contribution in [0.5, 0.6) is 0 Å². The van der Waals surface area contributed by atoms with Gasteiger partial charge < -0.3 is 142 Å². The summed E-state index contributed by atoms with van der Waals surface area (Å²) >= 11 is 4.02. The molecule has 17 rings (SSSR count). The third-order valence-electron chi connectivity index (χ3n) is 18.0. The van der Waals surface area contributed by atoms with Crippen LogP contribution in [0, 0.1) is 5.92 Å². The normalized spacial score (nSPS) is 29.5. The van der Waals surface area contributed by atoms with Gasteiger partial charge in [-0.1, -0.05) is 12.8 Å². The first-order valence-corrected chi connectivity index (χ1v) is 44.0. The number of hydrogen-bond donors (Lipinski definition) is 0. The monoisotopic (exact) mass is 1710 g/mol. The molecule has 17 fully saturated rings. The molecule has 0 bridgehead atoms. The van der Waals surface area contributed by atoms with E-state index in [4.69, 9.17) is 142 Å². The summed E-state index contributed by atoms with van der Waals surface area (Å²) in [6.07, 6.45) is 16.7. The van der Waals surface area contributed by atoms with Crippen LogP contribution >= 0.6 is 23.5 Å². The molecule has 17 aliphatic heterocycles. The Bertz CT molecular complexity index is 2490. The second-order valence-corrected chi connectivity index (χ2v) is 32.5. The van der Waals surface area contributed by atoms with Crippen molar-refractivity contribution in [2.24, 2.45) is 5.92 Å². The summed E-state index contributed by atoms with van der Waals surface area (Å²) in [4.78, 5) is 66.8. The van der Waals surface area contributed by atoms with Crippen molar-refractivity contribution >= 4 is 59.3 Å². The van der Waals surface area contributed by atoms with Crippen molar-refractivity contribution in [2.45, 2.75) is 181 Å². The number of thioether (sulfide) groups is 2. The van der Waals surface area contributed by atoms with Gasteiger partial charge in [-0.25, -0.2) is 9.59 Å². The number of ether oxygens (including phenoxy) is 30. The Morgan fingerprint density at radius 3 is 0.726 bits per heavy atom. The summed E-state index contributed by atoms with van der Waals surface area (Å²) < 4.78 is 152. The van der Waals surface area contributed by atoms with Crippen LogP contribution in [0.15, 0.2) is 12.2 Å². The van der Waals surface area contributed by atoms with E-state index in [9.17, 15) is 28.8 Å². The van der Waals surface area contributed by atoms with Crippen LogP contribution in [0.2, 0.25) is 0 Å². The van der Waals surface area contributed by atoms with Crippen molar-refractivity contribution in [3.8, 4) is 0 Å². The lowest BCUT2D eigenvalue weighted by molar-refractivity contribution is -0.150. The van der Waals surface area contributed by atoms with Gasteiger partial charge in [0.15, 0.2) is 0 Å². The third-order valence-corrected chi connectivity index (χ3v) is 20.4. The molecule has 17 heterocycles. The molecule has 0 aliphatic carbocycles. The lowest BCUT2D eigenvalue weighted by Gasteiger charge is -2.17.